The highest BCUT2D eigenvalue weighted by Crippen LogP contribution is 2.31. The number of ether oxygens (including phenoxy) is 1. The summed E-state index contributed by atoms with van der Waals surface area (Å²) in [5, 5.41) is 1.10. The monoisotopic (exact) mass is 437 g/mol. The van der Waals surface area contributed by atoms with Crippen LogP contribution in [0.25, 0.3) is 0 Å². The van der Waals surface area contributed by atoms with Crippen molar-refractivity contribution in [2.24, 2.45) is 0 Å². The maximum atomic E-state index is 12.9. The van der Waals surface area contributed by atoms with Gasteiger partial charge in [-0.3, -0.25) is 4.79 Å². The summed E-state index contributed by atoms with van der Waals surface area (Å²) >= 11 is 13.5. The van der Waals surface area contributed by atoms with Crippen molar-refractivity contribution in [3.8, 4) is 0 Å². The van der Waals surface area contributed by atoms with E-state index in [1.807, 2.05) is 0 Å². The normalized spacial score (nSPS) is 24.7. The molecule has 1 aromatic rings. The van der Waals surface area contributed by atoms with Gasteiger partial charge in [-0.2, -0.15) is 0 Å². The summed E-state index contributed by atoms with van der Waals surface area (Å²) in [6.07, 6.45) is 2.35. The van der Waals surface area contributed by atoms with E-state index >= 15 is 0 Å². The number of thioether (sulfide) groups is 1. The number of amides is 1. The van der Waals surface area contributed by atoms with Crippen molar-refractivity contribution in [1.82, 2.24) is 4.90 Å². The zero-order valence-electron chi connectivity index (χ0n) is 14.2. The summed E-state index contributed by atoms with van der Waals surface area (Å²) in [6.45, 7) is 1.14. The molecule has 3 rings (SSSR count). The predicted molar refractivity (Wildman–Crippen MR) is 105 cm³/mol. The van der Waals surface area contributed by atoms with Gasteiger partial charge in [0.2, 0.25) is 5.91 Å². The van der Waals surface area contributed by atoms with Gasteiger partial charge in [0.25, 0.3) is 0 Å². The molecule has 0 aromatic heterocycles. The van der Waals surface area contributed by atoms with Crippen LogP contribution in [0.2, 0.25) is 10.0 Å². The number of carbonyl (C=O) groups excluding carboxylic acids is 1. The van der Waals surface area contributed by atoms with E-state index in [0.717, 1.165) is 17.7 Å². The minimum absolute atomic E-state index is 0.0120. The van der Waals surface area contributed by atoms with Crippen molar-refractivity contribution >= 4 is 50.7 Å². The topological polar surface area (TPSA) is 63.7 Å². The zero-order valence-corrected chi connectivity index (χ0v) is 17.3. The van der Waals surface area contributed by atoms with E-state index in [9.17, 15) is 13.2 Å². The van der Waals surface area contributed by atoms with Crippen LogP contribution in [0.4, 0.5) is 0 Å². The van der Waals surface area contributed by atoms with Gasteiger partial charge in [-0.1, -0.05) is 23.2 Å². The van der Waals surface area contributed by atoms with Crippen LogP contribution in [-0.4, -0.2) is 61.8 Å². The lowest BCUT2D eigenvalue weighted by Gasteiger charge is -2.30. The molecule has 0 bridgehead atoms. The second-order valence-corrected chi connectivity index (χ2v) is 10.7. The van der Waals surface area contributed by atoms with E-state index in [0.29, 0.717) is 29.6 Å². The number of hydrogen-bond acceptors (Lipinski definition) is 5. The lowest BCUT2D eigenvalue weighted by molar-refractivity contribution is -0.131. The molecule has 9 heteroatoms. The molecule has 0 spiro atoms. The van der Waals surface area contributed by atoms with E-state index in [4.69, 9.17) is 27.9 Å². The predicted octanol–water partition coefficient (Wildman–Crippen LogP) is 3.28. The van der Waals surface area contributed by atoms with Crippen molar-refractivity contribution < 1.29 is 17.9 Å². The Bertz CT molecular complexity index is 766. The van der Waals surface area contributed by atoms with E-state index in [1.165, 1.54) is 11.8 Å². The number of carbonyl (C=O) groups is 1. The quantitative estimate of drug-likeness (QED) is 0.638. The molecule has 5 nitrogen and oxygen atoms in total. The maximum Gasteiger partial charge on any atom is 0.233 e. The fourth-order valence-electron chi connectivity index (χ4n) is 3.29. The number of nitrogens with zero attached hydrogens (tertiary/aromatic N) is 1. The summed E-state index contributed by atoms with van der Waals surface area (Å²) in [4.78, 5) is 15.3. The van der Waals surface area contributed by atoms with Crippen LogP contribution in [0.5, 0.6) is 0 Å². The molecular weight excluding hydrogens is 417 g/mol. The minimum Gasteiger partial charge on any atom is -0.376 e. The van der Waals surface area contributed by atoms with E-state index in [1.54, 1.807) is 23.1 Å². The average Bonchev–Trinajstić information content (AvgIpc) is 3.22. The lowest BCUT2D eigenvalue weighted by atomic mass is 10.1. The molecule has 2 aliphatic heterocycles. The first-order valence-electron chi connectivity index (χ1n) is 8.53. The van der Waals surface area contributed by atoms with E-state index in [2.05, 4.69) is 0 Å². The molecule has 0 aliphatic carbocycles. The summed E-state index contributed by atoms with van der Waals surface area (Å²) in [5.41, 5.74) is 0. The first-order chi connectivity index (χ1) is 12.3. The molecule has 2 unspecified atom stereocenters. The maximum absolute atomic E-state index is 12.9. The molecule has 0 N–H and O–H groups in total. The van der Waals surface area contributed by atoms with Gasteiger partial charge in [0.1, 0.15) is 0 Å². The van der Waals surface area contributed by atoms with Gasteiger partial charge in [-0.05, 0) is 37.5 Å². The number of rotatable bonds is 6. The molecule has 2 aliphatic rings. The van der Waals surface area contributed by atoms with E-state index in [-0.39, 0.29) is 35.3 Å². The van der Waals surface area contributed by atoms with Gasteiger partial charge in [0.05, 0.1) is 28.4 Å². The first kappa shape index (κ1) is 20.3. The van der Waals surface area contributed by atoms with Gasteiger partial charge < -0.3 is 9.64 Å². The minimum atomic E-state index is -3.07. The Labute approximate surface area is 168 Å². The molecule has 2 heterocycles. The second kappa shape index (κ2) is 8.69. The standard InChI is InChI=1S/C17H21Cl2NO4S2/c18-12-3-4-15(19)16(8-12)25-10-17(21)20(9-14-2-1-6-24-14)13-5-7-26(22,23)11-13/h3-4,8,13-14H,1-2,5-7,9-11H2. The van der Waals surface area contributed by atoms with Gasteiger partial charge in [0, 0.05) is 29.1 Å². The van der Waals surface area contributed by atoms with Crippen LogP contribution in [0, 0.1) is 0 Å². The summed E-state index contributed by atoms with van der Waals surface area (Å²) < 4.78 is 29.4. The van der Waals surface area contributed by atoms with Crippen LogP contribution in [-0.2, 0) is 19.4 Å². The summed E-state index contributed by atoms with van der Waals surface area (Å²) in [7, 11) is -3.07. The van der Waals surface area contributed by atoms with Crippen molar-refractivity contribution in [2.45, 2.75) is 36.3 Å². The SMILES string of the molecule is O=C(CSc1cc(Cl)ccc1Cl)N(CC1CCCO1)C1CCS(=O)(=O)C1. The highest BCUT2D eigenvalue weighted by atomic mass is 35.5. The zero-order chi connectivity index (χ0) is 18.7. The van der Waals surface area contributed by atoms with Crippen molar-refractivity contribution in [3.63, 3.8) is 0 Å². The largest absolute Gasteiger partial charge is 0.376 e. The van der Waals surface area contributed by atoms with Crippen LogP contribution in [0.1, 0.15) is 19.3 Å². The fourth-order valence-corrected chi connectivity index (χ4v) is 6.40. The molecule has 0 radical (unpaired) electrons. The summed E-state index contributed by atoms with van der Waals surface area (Å²) in [5.74, 6) is 0.265. The van der Waals surface area contributed by atoms with Gasteiger partial charge >= 0.3 is 0 Å². The molecule has 144 valence electrons. The van der Waals surface area contributed by atoms with Gasteiger partial charge in [-0.15, -0.1) is 11.8 Å². The van der Waals surface area contributed by atoms with Crippen LogP contribution < -0.4 is 0 Å². The molecule has 0 saturated carbocycles. The Morgan fingerprint density at radius 2 is 2.12 bits per heavy atom. The second-order valence-electron chi connectivity index (χ2n) is 6.60. The molecule has 26 heavy (non-hydrogen) atoms. The molecule has 2 fully saturated rings. The number of hydrogen-bond donors (Lipinski definition) is 0. The average molecular weight is 438 g/mol. The van der Waals surface area contributed by atoms with Crippen LogP contribution >= 0.6 is 35.0 Å². The van der Waals surface area contributed by atoms with Crippen LogP contribution in [0.15, 0.2) is 23.1 Å². The first-order valence-corrected chi connectivity index (χ1v) is 12.1. The number of sulfone groups is 1. The Morgan fingerprint density at radius 3 is 2.77 bits per heavy atom. The molecule has 2 saturated heterocycles. The van der Waals surface area contributed by atoms with E-state index < -0.39 is 9.84 Å². The molecule has 1 aromatic carbocycles. The third kappa shape index (κ3) is 5.29. The summed E-state index contributed by atoms with van der Waals surface area (Å²) in [6, 6.07) is 4.85. The van der Waals surface area contributed by atoms with Crippen molar-refractivity contribution in [2.75, 3.05) is 30.4 Å². The van der Waals surface area contributed by atoms with Crippen LogP contribution in [0.3, 0.4) is 0 Å². The Morgan fingerprint density at radius 1 is 1.31 bits per heavy atom. The Balaban J connectivity index is 1.68. The fraction of sp³-hybridized carbons (Fsp3) is 0.588. The van der Waals surface area contributed by atoms with Gasteiger partial charge in [0.15, 0.2) is 9.84 Å². The number of halogens is 2. The van der Waals surface area contributed by atoms with Gasteiger partial charge in [-0.25, -0.2) is 8.42 Å². The van der Waals surface area contributed by atoms with Crippen molar-refractivity contribution in [3.05, 3.63) is 28.2 Å². The smallest absolute Gasteiger partial charge is 0.233 e. The van der Waals surface area contributed by atoms with Crippen molar-refractivity contribution in [1.29, 1.82) is 0 Å². The Kier molecular flexibility index (Phi) is 6.78. The highest BCUT2D eigenvalue weighted by molar-refractivity contribution is 8.00. The number of benzene rings is 1. The molecule has 2 atom stereocenters. The molecular formula is C17H21Cl2NO4S2. The third-order valence-electron chi connectivity index (χ3n) is 4.64. The molecule has 1 amide bonds. The lowest BCUT2D eigenvalue weighted by Crippen LogP contribution is -2.46. The highest BCUT2D eigenvalue weighted by Gasteiger charge is 2.36. The third-order valence-corrected chi connectivity index (χ3v) is 8.11. The Hall–Kier alpha value is -0.470.